The number of rotatable bonds is 6. The first kappa shape index (κ1) is 25.2. The molecule has 2 N–H and O–H groups in total. The first-order valence-corrected chi connectivity index (χ1v) is 10.6. The second-order valence-electron chi connectivity index (χ2n) is 7.85. The molecule has 31 heavy (non-hydrogen) atoms. The molecule has 8 nitrogen and oxygen atoms in total. The zero-order valence-corrected chi connectivity index (χ0v) is 20.8. The van der Waals surface area contributed by atoms with Crippen LogP contribution < -0.4 is 15.4 Å². The molecular formula is C22H33IN4O4. The highest BCUT2D eigenvalue weighted by molar-refractivity contribution is 14.0. The van der Waals surface area contributed by atoms with Crippen LogP contribution in [0.3, 0.4) is 0 Å². The van der Waals surface area contributed by atoms with Crippen LogP contribution in [0.4, 0.5) is 0 Å². The van der Waals surface area contributed by atoms with E-state index in [9.17, 15) is 9.59 Å². The minimum Gasteiger partial charge on any atom is -0.496 e. The van der Waals surface area contributed by atoms with E-state index in [0.29, 0.717) is 36.3 Å². The number of benzene rings is 1. The third-order valence-corrected chi connectivity index (χ3v) is 5.90. The van der Waals surface area contributed by atoms with Crippen molar-refractivity contribution < 1.29 is 19.1 Å². The molecule has 1 amide bonds. The van der Waals surface area contributed by atoms with Gasteiger partial charge in [-0.25, -0.2) is 4.79 Å². The topological polar surface area (TPSA) is 92.3 Å². The molecule has 3 rings (SSSR count). The lowest BCUT2D eigenvalue weighted by Gasteiger charge is -2.21. The standard InChI is InChI=1S/C22H32N4O4.HI/c1-23-22(24-13-15-8-9-19(29-2)18(12-15)21(28)30-3)25-17-10-11-26(14-17)20(27)16-6-4-5-7-16;/h8-9,12,16-17H,4-7,10-11,13-14H2,1-3H3,(H2,23,24,25);1H. The van der Waals surface area contributed by atoms with Crippen molar-refractivity contribution in [2.24, 2.45) is 10.9 Å². The SMILES string of the molecule is CN=C(NCc1ccc(OC)c(C(=O)OC)c1)NC1CCN(C(=O)C2CCCC2)C1.I. The molecule has 1 saturated carbocycles. The Morgan fingerprint density at radius 2 is 1.94 bits per heavy atom. The van der Waals surface area contributed by atoms with Crippen LogP contribution in [0.5, 0.6) is 5.75 Å². The summed E-state index contributed by atoms with van der Waals surface area (Å²) in [6.07, 6.45) is 5.32. The largest absolute Gasteiger partial charge is 0.496 e. The van der Waals surface area contributed by atoms with Crippen molar-refractivity contribution >= 4 is 41.8 Å². The van der Waals surface area contributed by atoms with E-state index in [-0.39, 0.29) is 35.9 Å². The van der Waals surface area contributed by atoms with E-state index in [2.05, 4.69) is 15.6 Å². The number of esters is 1. The molecule has 0 aromatic heterocycles. The van der Waals surface area contributed by atoms with Crippen molar-refractivity contribution in [1.29, 1.82) is 0 Å². The van der Waals surface area contributed by atoms with Crippen LogP contribution in [0.15, 0.2) is 23.2 Å². The maximum atomic E-state index is 12.6. The molecule has 1 aliphatic carbocycles. The smallest absolute Gasteiger partial charge is 0.341 e. The van der Waals surface area contributed by atoms with Gasteiger partial charge in [0.25, 0.3) is 0 Å². The van der Waals surface area contributed by atoms with Crippen molar-refractivity contribution in [3.05, 3.63) is 29.3 Å². The van der Waals surface area contributed by atoms with Gasteiger partial charge in [0, 0.05) is 38.6 Å². The van der Waals surface area contributed by atoms with Crippen LogP contribution in [-0.2, 0) is 16.1 Å². The van der Waals surface area contributed by atoms with Crippen molar-refractivity contribution in [2.75, 3.05) is 34.4 Å². The molecule has 0 bridgehead atoms. The summed E-state index contributed by atoms with van der Waals surface area (Å²) in [7, 11) is 4.59. The van der Waals surface area contributed by atoms with E-state index in [4.69, 9.17) is 9.47 Å². The number of carbonyl (C=O) groups is 2. The molecular weight excluding hydrogens is 511 g/mol. The van der Waals surface area contributed by atoms with Crippen molar-refractivity contribution in [1.82, 2.24) is 15.5 Å². The van der Waals surface area contributed by atoms with Gasteiger partial charge in [0.15, 0.2) is 5.96 Å². The second kappa shape index (κ2) is 12.1. The van der Waals surface area contributed by atoms with Gasteiger partial charge in [0.1, 0.15) is 11.3 Å². The lowest BCUT2D eigenvalue weighted by Crippen LogP contribution is -2.45. The van der Waals surface area contributed by atoms with E-state index >= 15 is 0 Å². The first-order chi connectivity index (χ1) is 14.5. The van der Waals surface area contributed by atoms with Gasteiger partial charge in [0.05, 0.1) is 14.2 Å². The molecule has 0 spiro atoms. The number of carbonyl (C=O) groups excluding carboxylic acids is 2. The molecule has 1 atom stereocenters. The molecule has 2 fully saturated rings. The summed E-state index contributed by atoms with van der Waals surface area (Å²) >= 11 is 0. The van der Waals surface area contributed by atoms with E-state index in [1.807, 2.05) is 11.0 Å². The van der Waals surface area contributed by atoms with Crippen LogP contribution >= 0.6 is 24.0 Å². The lowest BCUT2D eigenvalue weighted by molar-refractivity contribution is -0.134. The van der Waals surface area contributed by atoms with Gasteiger partial charge in [-0.3, -0.25) is 9.79 Å². The Labute approximate surface area is 201 Å². The number of halogens is 1. The molecule has 9 heteroatoms. The van der Waals surface area contributed by atoms with Crippen LogP contribution in [0, 0.1) is 5.92 Å². The molecule has 1 unspecified atom stereocenters. The zero-order valence-electron chi connectivity index (χ0n) is 18.5. The Balaban J connectivity index is 0.00000341. The average molecular weight is 544 g/mol. The van der Waals surface area contributed by atoms with Crippen molar-refractivity contribution in [3.63, 3.8) is 0 Å². The van der Waals surface area contributed by atoms with E-state index in [1.54, 1.807) is 19.2 Å². The number of hydrogen-bond acceptors (Lipinski definition) is 5. The molecule has 1 heterocycles. The predicted molar refractivity (Wildman–Crippen MR) is 130 cm³/mol. The molecule has 172 valence electrons. The van der Waals surface area contributed by atoms with Crippen molar-refractivity contribution in [3.8, 4) is 5.75 Å². The maximum Gasteiger partial charge on any atom is 0.341 e. The highest BCUT2D eigenvalue weighted by Crippen LogP contribution is 2.28. The number of nitrogens with one attached hydrogen (secondary N) is 2. The van der Waals surface area contributed by atoms with Crippen LogP contribution in [0.25, 0.3) is 0 Å². The number of likely N-dealkylation sites (tertiary alicyclic amines) is 1. The highest BCUT2D eigenvalue weighted by Gasteiger charge is 2.32. The maximum absolute atomic E-state index is 12.6. The van der Waals surface area contributed by atoms with E-state index in [1.165, 1.54) is 27.1 Å². The Bertz CT molecular complexity index is 796. The summed E-state index contributed by atoms with van der Waals surface area (Å²) in [5.41, 5.74) is 1.29. The Morgan fingerprint density at radius 1 is 1.19 bits per heavy atom. The molecule has 0 radical (unpaired) electrons. The van der Waals surface area contributed by atoms with Gasteiger partial charge < -0.3 is 25.0 Å². The fourth-order valence-electron chi connectivity index (χ4n) is 4.22. The monoisotopic (exact) mass is 544 g/mol. The third-order valence-electron chi connectivity index (χ3n) is 5.90. The van der Waals surface area contributed by atoms with Gasteiger partial charge in [-0.15, -0.1) is 24.0 Å². The average Bonchev–Trinajstić information content (AvgIpc) is 3.47. The van der Waals surface area contributed by atoms with Gasteiger partial charge in [-0.05, 0) is 37.0 Å². The Morgan fingerprint density at radius 3 is 2.58 bits per heavy atom. The second-order valence-corrected chi connectivity index (χ2v) is 7.85. The van der Waals surface area contributed by atoms with E-state index in [0.717, 1.165) is 31.4 Å². The van der Waals surface area contributed by atoms with Crippen LogP contribution in [0.1, 0.15) is 48.0 Å². The number of methoxy groups -OCH3 is 2. The fourth-order valence-corrected chi connectivity index (χ4v) is 4.22. The summed E-state index contributed by atoms with van der Waals surface area (Å²) in [5.74, 6) is 1.25. The molecule has 1 aliphatic heterocycles. The molecule has 1 saturated heterocycles. The van der Waals surface area contributed by atoms with Gasteiger partial charge in [0.2, 0.25) is 5.91 Å². The van der Waals surface area contributed by atoms with Gasteiger partial charge >= 0.3 is 5.97 Å². The van der Waals surface area contributed by atoms with Crippen molar-refractivity contribution in [2.45, 2.75) is 44.7 Å². The normalized spacial score (nSPS) is 19.0. The first-order valence-electron chi connectivity index (χ1n) is 10.6. The highest BCUT2D eigenvalue weighted by atomic mass is 127. The van der Waals surface area contributed by atoms with E-state index < -0.39 is 5.97 Å². The number of nitrogens with zero attached hydrogens (tertiary/aromatic N) is 2. The number of amides is 1. The summed E-state index contributed by atoms with van der Waals surface area (Å²) in [5, 5.41) is 6.69. The molecule has 1 aromatic carbocycles. The van der Waals surface area contributed by atoms with Crippen LogP contribution in [-0.4, -0.2) is 63.1 Å². The number of hydrogen-bond donors (Lipinski definition) is 2. The number of ether oxygens (including phenoxy) is 2. The lowest BCUT2D eigenvalue weighted by atomic mass is 10.1. The molecule has 1 aromatic rings. The summed E-state index contributed by atoms with van der Waals surface area (Å²) in [6, 6.07) is 5.58. The minimum absolute atomic E-state index is 0. The Kier molecular flexibility index (Phi) is 9.86. The van der Waals surface area contributed by atoms with Crippen LogP contribution in [0.2, 0.25) is 0 Å². The molecule has 2 aliphatic rings. The summed E-state index contributed by atoms with van der Waals surface area (Å²) < 4.78 is 10.1. The Hall–Kier alpha value is -2.04. The third kappa shape index (κ3) is 6.47. The minimum atomic E-state index is -0.436. The van der Waals surface area contributed by atoms with Gasteiger partial charge in [-0.2, -0.15) is 0 Å². The number of guanidine groups is 1. The fraction of sp³-hybridized carbons (Fsp3) is 0.591. The number of aliphatic imine (C=N–C) groups is 1. The predicted octanol–water partition coefficient (Wildman–Crippen LogP) is 2.56. The quantitative estimate of drug-likeness (QED) is 0.248. The van der Waals surface area contributed by atoms with Gasteiger partial charge in [-0.1, -0.05) is 18.9 Å². The summed E-state index contributed by atoms with van der Waals surface area (Å²) in [6.45, 7) is 2.00. The summed E-state index contributed by atoms with van der Waals surface area (Å²) in [4.78, 5) is 30.9. The zero-order chi connectivity index (χ0) is 21.5.